The predicted molar refractivity (Wildman–Crippen MR) is 58.3 cm³/mol. The van der Waals surface area contributed by atoms with Gasteiger partial charge in [0.05, 0.1) is 0 Å². The van der Waals surface area contributed by atoms with Crippen LogP contribution in [0.1, 0.15) is 25.7 Å². The van der Waals surface area contributed by atoms with Crippen molar-refractivity contribution >= 4 is 22.6 Å². The highest BCUT2D eigenvalue weighted by Gasteiger charge is 2.15. The first kappa shape index (κ1) is 9.78. The van der Waals surface area contributed by atoms with Gasteiger partial charge >= 0.3 is 0 Å². The fourth-order valence-electron chi connectivity index (χ4n) is 1.72. The highest BCUT2D eigenvalue weighted by molar-refractivity contribution is 14.1. The van der Waals surface area contributed by atoms with Crippen LogP contribution in [0.2, 0.25) is 0 Å². The van der Waals surface area contributed by atoms with E-state index < -0.39 is 0 Å². The minimum Gasteiger partial charge on any atom is -0.306 e. The minimum absolute atomic E-state index is 1.04. The number of hydrogen-bond donors (Lipinski definition) is 0. The molecule has 0 amide bonds. The molecule has 1 saturated heterocycles. The molecule has 1 aliphatic heterocycles. The molecule has 1 nitrogen and oxygen atoms in total. The summed E-state index contributed by atoms with van der Waals surface area (Å²) in [6, 6.07) is 0. The molecule has 1 fully saturated rings. The van der Waals surface area contributed by atoms with E-state index >= 15 is 0 Å². The van der Waals surface area contributed by atoms with Crippen LogP contribution in [-0.2, 0) is 0 Å². The Morgan fingerprint density at radius 3 is 2.55 bits per heavy atom. The van der Waals surface area contributed by atoms with Gasteiger partial charge in [0.25, 0.3) is 0 Å². The first-order valence-corrected chi connectivity index (χ1v) is 6.10. The number of rotatable bonds is 3. The van der Waals surface area contributed by atoms with E-state index in [1.807, 2.05) is 0 Å². The molecule has 0 aromatic carbocycles. The molecule has 0 unspecified atom stereocenters. The van der Waals surface area contributed by atoms with Gasteiger partial charge in [-0.25, -0.2) is 0 Å². The zero-order valence-electron chi connectivity index (χ0n) is 7.35. The maximum atomic E-state index is 2.48. The Bertz CT molecular complexity index is 95.0. The summed E-state index contributed by atoms with van der Waals surface area (Å²) in [6.07, 6.45) is 5.77. The van der Waals surface area contributed by atoms with Crippen molar-refractivity contribution in [3.05, 3.63) is 0 Å². The van der Waals surface area contributed by atoms with Crippen LogP contribution >= 0.6 is 22.6 Å². The normalized spacial score (nSPS) is 22.4. The zero-order valence-corrected chi connectivity index (χ0v) is 9.51. The number of halogens is 1. The molecule has 0 radical (unpaired) electrons. The van der Waals surface area contributed by atoms with E-state index in [4.69, 9.17) is 0 Å². The molecule has 0 aromatic rings. The number of likely N-dealkylation sites (tertiary alicyclic amines) is 1. The third-order valence-electron chi connectivity index (χ3n) is 2.58. The molecule has 0 atom stereocenters. The fourth-order valence-corrected chi connectivity index (χ4v) is 2.16. The van der Waals surface area contributed by atoms with Gasteiger partial charge in [0.1, 0.15) is 0 Å². The molecular formula is C9H18IN. The first-order chi connectivity index (χ1) is 5.33. The molecule has 2 heteroatoms. The van der Waals surface area contributed by atoms with Crippen LogP contribution in [0.4, 0.5) is 0 Å². The Hall–Kier alpha value is 0.690. The zero-order chi connectivity index (χ0) is 8.10. The number of piperidine rings is 1. The molecule has 0 bridgehead atoms. The van der Waals surface area contributed by atoms with E-state index in [1.165, 1.54) is 43.2 Å². The van der Waals surface area contributed by atoms with Gasteiger partial charge in [0.2, 0.25) is 0 Å². The average Bonchev–Trinajstić information content (AvgIpc) is 2.04. The topological polar surface area (TPSA) is 3.24 Å². The second kappa shape index (κ2) is 5.36. The molecule has 66 valence electrons. The smallest absolute Gasteiger partial charge is 0.000463 e. The molecule has 0 spiro atoms. The lowest BCUT2D eigenvalue weighted by molar-refractivity contribution is 0.212. The Balaban J connectivity index is 2.07. The lowest BCUT2D eigenvalue weighted by atomic mass is 9.93. The lowest BCUT2D eigenvalue weighted by Crippen LogP contribution is -2.30. The summed E-state index contributed by atoms with van der Waals surface area (Å²) in [4.78, 5) is 2.44. The van der Waals surface area contributed by atoms with Gasteiger partial charge < -0.3 is 4.90 Å². The van der Waals surface area contributed by atoms with Crippen molar-refractivity contribution in [1.82, 2.24) is 4.90 Å². The monoisotopic (exact) mass is 267 g/mol. The van der Waals surface area contributed by atoms with Crippen LogP contribution < -0.4 is 0 Å². The van der Waals surface area contributed by atoms with E-state index in [0.29, 0.717) is 0 Å². The number of hydrogen-bond acceptors (Lipinski definition) is 1. The SMILES string of the molecule is CN1CCC(CCCI)CC1. The molecule has 0 N–H and O–H groups in total. The summed E-state index contributed by atoms with van der Waals surface area (Å²) in [7, 11) is 2.23. The quantitative estimate of drug-likeness (QED) is 0.561. The van der Waals surface area contributed by atoms with Crippen molar-refractivity contribution in [2.45, 2.75) is 25.7 Å². The largest absolute Gasteiger partial charge is 0.306 e. The fraction of sp³-hybridized carbons (Fsp3) is 1.00. The van der Waals surface area contributed by atoms with E-state index in [9.17, 15) is 0 Å². The van der Waals surface area contributed by atoms with Crippen LogP contribution in [0, 0.1) is 5.92 Å². The van der Waals surface area contributed by atoms with Crippen LogP contribution in [0.3, 0.4) is 0 Å². The molecule has 1 heterocycles. The van der Waals surface area contributed by atoms with Gasteiger partial charge in [-0.2, -0.15) is 0 Å². The molecule has 0 aromatic heterocycles. The maximum Gasteiger partial charge on any atom is -0.000463 e. The summed E-state index contributed by atoms with van der Waals surface area (Å²) < 4.78 is 1.34. The third kappa shape index (κ3) is 3.74. The van der Waals surface area contributed by atoms with Crippen LogP contribution in [0.25, 0.3) is 0 Å². The van der Waals surface area contributed by atoms with Gasteiger partial charge in [-0.15, -0.1) is 0 Å². The minimum atomic E-state index is 1.04. The Labute approximate surface area is 83.7 Å². The van der Waals surface area contributed by atoms with Gasteiger partial charge in [-0.3, -0.25) is 0 Å². The van der Waals surface area contributed by atoms with E-state index in [0.717, 1.165) is 5.92 Å². The second-order valence-corrected chi connectivity index (χ2v) is 4.66. The molecular weight excluding hydrogens is 249 g/mol. The number of nitrogens with zero attached hydrogens (tertiary/aromatic N) is 1. The summed E-state index contributed by atoms with van der Waals surface area (Å²) in [5, 5.41) is 0. The lowest BCUT2D eigenvalue weighted by Gasteiger charge is -2.28. The summed E-state index contributed by atoms with van der Waals surface area (Å²) in [6.45, 7) is 2.65. The molecule has 0 saturated carbocycles. The van der Waals surface area contributed by atoms with Gasteiger partial charge in [-0.05, 0) is 56.2 Å². The van der Waals surface area contributed by atoms with Crippen molar-refractivity contribution in [2.75, 3.05) is 24.6 Å². The van der Waals surface area contributed by atoms with Crippen molar-refractivity contribution in [3.8, 4) is 0 Å². The average molecular weight is 267 g/mol. The van der Waals surface area contributed by atoms with Crippen LogP contribution in [0.15, 0.2) is 0 Å². The predicted octanol–water partition coefficient (Wildman–Crippen LogP) is 2.54. The van der Waals surface area contributed by atoms with Gasteiger partial charge in [-0.1, -0.05) is 22.6 Å². The first-order valence-electron chi connectivity index (χ1n) is 4.57. The number of alkyl halides is 1. The van der Waals surface area contributed by atoms with Crippen molar-refractivity contribution in [2.24, 2.45) is 5.92 Å². The Morgan fingerprint density at radius 1 is 1.36 bits per heavy atom. The summed E-state index contributed by atoms with van der Waals surface area (Å²) >= 11 is 2.48. The standard InChI is InChI=1S/C9H18IN/c1-11-7-4-9(5-8-11)3-2-6-10/h9H,2-8H2,1H3. The van der Waals surface area contributed by atoms with E-state index in [-0.39, 0.29) is 0 Å². The maximum absolute atomic E-state index is 2.48. The molecule has 11 heavy (non-hydrogen) atoms. The van der Waals surface area contributed by atoms with E-state index in [1.54, 1.807) is 0 Å². The van der Waals surface area contributed by atoms with Gasteiger partial charge in [0.15, 0.2) is 0 Å². The molecule has 1 aliphatic rings. The van der Waals surface area contributed by atoms with Crippen molar-refractivity contribution in [1.29, 1.82) is 0 Å². The Kier molecular flexibility index (Phi) is 4.76. The van der Waals surface area contributed by atoms with Crippen LogP contribution in [0.5, 0.6) is 0 Å². The summed E-state index contributed by atoms with van der Waals surface area (Å²) in [5.74, 6) is 1.04. The highest BCUT2D eigenvalue weighted by Crippen LogP contribution is 2.20. The van der Waals surface area contributed by atoms with Crippen LogP contribution in [-0.4, -0.2) is 29.5 Å². The highest BCUT2D eigenvalue weighted by atomic mass is 127. The second-order valence-electron chi connectivity index (χ2n) is 3.58. The Morgan fingerprint density at radius 2 is 2.00 bits per heavy atom. The van der Waals surface area contributed by atoms with Gasteiger partial charge in [0, 0.05) is 0 Å². The van der Waals surface area contributed by atoms with Crippen molar-refractivity contribution < 1.29 is 0 Å². The van der Waals surface area contributed by atoms with Crippen molar-refractivity contribution in [3.63, 3.8) is 0 Å². The molecule has 0 aliphatic carbocycles. The molecule has 1 rings (SSSR count). The summed E-state index contributed by atoms with van der Waals surface area (Å²) in [5.41, 5.74) is 0. The third-order valence-corrected chi connectivity index (χ3v) is 3.35. The van der Waals surface area contributed by atoms with E-state index in [2.05, 4.69) is 34.5 Å².